The fourth-order valence-electron chi connectivity index (χ4n) is 6.15. The molecule has 41 heavy (non-hydrogen) atoms. The van der Waals surface area contributed by atoms with Crippen molar-refractivity contribution in [2.75, 3.05) is 19.6 Å². The summed E-state index contributed by atoms with van der Waals surface area (Å²) in [5.41, 5.74) is 5.95. The lowest BCUT2D eigenvalue weighted by Crippen LogP contribution is -2.67. The van der Waals surface area contributed by atoms with E-state index in [4.69, 9.17) is 9.72 Å². The van der Waals surface area contributed by atoms with Crippen molar-refractivity contribution in [3.8, 4) is 5.88 Å². The molecule has 6 heterocycles. The third-order valence-corrected chi connectivity index (χ3v) is 8.69. The van der Waals surface area contributed by atoms with Crippen LogP contribution in [0, 0.1) is 33.1 Å². The number of rotatable bonds is 6. The summed E-state index contributed by atoms with van der Waals surface area (Å²) in [4.78, 5) is 24.8. The van der Waals surface area contributed by atoms with Crippen LogP contribution < -0.4 is 10.1 Å². The molecule has 0 bridgehead atoms. The van der Waals surface area contributed by atoms with Gasteiger partial charge >= 0.3 is 5.97 Å². The monoisotopic (exact) mass is 555 g/mol. The van der Waals surface area contributed by atoms with E-state index in [2.05, 4.69) is 44.5 Å². The Hall–Kier alpha value is -3.89. The summed E-state index contributed by atoms with van der Waals surface area (Å²) < 4.78 is 8.39. The third kappa shape index (κ3) is 4.74. The standard InChI is InChI=1S/C31H37N7O3/c1-18-11-22-13-37(17-31(15-32-16-31)41-28(22)33-12-18)14-25-19(2)7-8-24(34-25)26(30(5,6)29(39)40)23-9-10-38-21(4)35-36-27(38)20(23)3/h7-12,26,32H,13-17H2,1-6H3,(H,39,40)/t26-/m1/s1. The van der Waals surface area contributed by atoms with Crippen LogP contribution in [0.5, 0.6) is 5.88 Å². The van der Waals surface area contributed by atoms with Gasteiger partial charge in [0.2, 0.25) is 5.88 Å². The molecule has 10 heteroatoms. The number of aliphatic carboxylic acids is 1. The van der Waals surface area contributed by atoms with Gasteiger partial charge in [0.1, 0.15) is 11.4 Å². The second-order valence-electron chi connectivity index (χ2n) is 12.3. The zero-order valence-electron chi connectivity index (χ0n) is 24.5. The predicted molar refractivity (Wildman–Crippen MR) is 154 cm³/mol. The molecular weight excluding hydrogens is 518 g/mol. The van der Waals surface area contributed by atoms with Crippen LogP contribution in [0.2, 0.25) is 0 Å². The number of carbonyl (C=O) groups is 1. The molecule has 1 atom stereocenters. The highest BCUT2D eigenvalue weighted by molar-refractivity contribution is 5.76. The van der Waals surface area contributed by atoms with Crippen LogP contribution in [-0.4, -0.2) is 65.8 Å². The van der Waals surface area contributed by atoms with Gasteiger partial charge in [-0.05, 0) is 82.0 Å². The zero-order chi connectivity index (χ0) is 29.1. The fraction of sp³-hybridized carbons (Fsp3) is 0.452. The highest BCUT2D eigenvalue weighted by atomic mass is 16.5. The SMILES string of the molecule is Cc1cnc2c(c1)CN(Cc1nc([C@@H](c3ccn4c(C)nnc4c3C)C(C)(C)C(=O)O)ccc1C)CC1(CNC1)O2. The molecule has 0 saturated carbocycles. The van der Waals surface area contributed by atoms with E-state index in [1.165, 1.54) is 0 Å². The summed E-state index contributed by atoms with van der Waals surface area (Å²) >= 11 is 0. The first kappa shape index (κ1) is 27.3. The first-order valence-electron chi connectivity index (χ1n) is 14.1. The Balaban J connectivity index is 1.40. The largest absolute Gasteiger partial charge is 0.481 e. The van der Waals surface area contributed by atoms with Gasteiger partial charge in [0.15, 0.2) is 5.65 Å². The van der Waals surface area contributed by atoms with E-state index in [0.717, 1.165) is 70.3 Å². The summed E-state index contributed by atoms with van der Waals surface area (Å²) in [6, 6.07) is 8.17. The molecule has 214 valence electrons. The number of aromatic nitrogens is 5. The number of carboxylic acid groups (broad SMARTS) is 1. The molecule has 0 radical (unpaired) electrons. The maximum Gasteiger partial charge on any atom is 0.310 e. The van der Waals surface area contributed by atoms with Crippen molar-refractivity contribution in [1.29, 1.82) is 0 Å². The number of carboxylic acids is 1. The van der Waals surface area contributed by atoms with Crippen LogP contribution >= 0.6 is 0 Å². The van der Waals surface area contributed by atoms with Crippen LogP contribution in [0.1, 0.15) is 64.8 Å². The molecule has 6 rings (SSSR count). The van der Waals surface area contributed by atoms with Crippen LogP contribution in [0.15, 0.2) is 36.7 Å². The molecule has 4 aromatic heterocycles. The number of hydrogen-bond donors (Lipinski definition) is 2. The molecule has 0 amide bonds. The van der Waals surface area contributed by atoms with Crippen molar-refractivity contribution in [2.45, 2.75) is 66.2 Å². The third-order valence-electron chi connectivity index (χ3n) is 8.69. The van der Waals surface area contributed by atoms with E-state index < -0.39 is 17.3 Å². The molecule has 1 spiro atoms. The molecule has 0 unspecified atom stereocenters. The topological polar surface area (TPSA) is 118 Å². The second-order valence-corrected chi connectivity index (χ2v) is 12.3. The Kier molecular flexibility index (Phi) is 6.58. The average Bonchev–Trinajstić information content (AvgIpc) is 3.19. The van der Waals surface area contributed by atoms with Gasteiger partial charge in [0, 0.05) is 62.3 Å². The average molecular weight is 556 g/mol. The first-order valence-corrected chi connectivity index (χ1v) is 14.1. The number of ether oxygens (including phenoxy) is 1. The highest BCUT2D eigenvalue weighted by Gasteiger charge is 2.44. The molecular formula is C31H37N7O3. The molecule has 1 fully saturated rings. The van der Waals surface area contributed by atoms with Crippen molar-refractivity contribution in [1.82, 2.24) is 34.8 Å². The van der Waals surface area contributed by atoms with Crippen LogP contribution in [0.3, 0.4) is 0 Å². The molecule has 2 N–H and O–H groups in total. The molecule has 4 aromatic rings. The van der Waals surface area contributed by atoms with E-state index in [0.29, 0.717) is 19.0 Å². The van der Waals surface area contributed by atoms with Crippen molar-refractivity contribution in [3.05, 3.63) is 81.7 Å². The number of pyridine rings is 3. The lowest BCUT2D eigenvalue weighted by atomic mass is 9.72. The first-order chi connectivity index (χ1) is 19.5. The summed E-state index contributed by atoms with van der Waals surface area (Å²) in [6.45, 7) is 15.1. The van der Waals surface area contributed by atoms with Gasteiger partial charge in [0.25, 0.3) is 0 Å². The number of aryl methyl sites for hydroxylation is 4. The molecule has 2 aliphatic heterocycles. The van der Waals surface area contributed by atoms with Crippen molar-refractivity contribution < 1.29 is 14.6 Å². The van der Waals surface area contributed by atoms with Crippen LogP contribution in [-0.2, 0) is 17.9 Å². The van der Waals surface area contributed by atoms with Gasteiger partial charge in [-0.2, -0.15) is 0 Å². The number of fused-ring (bicyclic) bond motifs is 2. The normalized spacial score (nSPS) is 17.5. The van der Waals surface area contributed by atoms with Gasteiger partial charge < -0.3 is 15.2 Å². The second kappa shape index (κ2) is 9.88. The number of nitrogens with zero attached hydrogens (tertiary/aromatic N) is 6. The minimum Gasteiger partial charge on any atom is -0.481 e. The van der Waals surface area contributed by atoms with E-state index in [1.807, 2.05) is 49.7 Å². The highest BCUT2D eigenvalue weighted by Crippen LogP contribution is 2.43. The van der Waals surface area contributed by atoms with Gasteiger partial charge in [-0.25, -0.2) is 4.98 Å². The van der Waals surface area contributed by atoms with Gasteiger partial charge in [-0.15, -0.1) is 10.2 Å². The smallest absolute Gasteiger partial charge is 0.310 e. The Labute approximate surface area is 239 Å². The van der Waals surface area contributed by atoms with E-state index in [-0.39, 0.29) is 5.60 Å². The minimum atomic E-state index is -1.13. The predicted octanol–water partition coefficient (Wildman–Crippen LogP) is 3.73. The summed E-state index contributed by atoms with van der Waals surface area (Å²) in [5, 5.41) is 22.3. The maximum atomic E-state index is 12.7. The van der Waals surface area contributed by atoms with Gasteiger partial charge in [-0.1, -0.05) is 6.07 Å². The Morgan fingerprint density at radius 3 is 2.66 bits per heavy atom. The summed E-state index contributed by atoms with van der Waals surface area (Å²) in [6.07, 6.45) is 3.78. The lowest BCUT2D eigenvalue weighted by Gasteiger charge is -2.43. The Bertz CT molecular complexity index is 1660. The lowest BCUT2D eigenvalue weighted by molar-refractivity contribution is -0.147. The minimum absolute atomic E-state index is 0.324. The maximum absolute atomic E-state index is 12.7. The van der Waals surface area contributed by atoms with Gasteiger partial charge in [0.05, 0.1) is 11.1 Å². The molecule has 2 aliphatic rings. The van der Waals surface area contributed by atoms with Crippen LogP contribution in [0.25, 0.3) is 5.65 Å². The fourth-order valence-corrected chi connectivity index (χ4v) is 6.15. The molecule has 0 aromatic carbocycles. The Morgan fingerprint density at radius 1 is 1.17 bits per heavy atom. The van der Waals surface area contributed by atoms with E-state index in [9.17, 15) is 9.90 Å². The van der Waals surface area contributed by atoms with Crippen LogP contribution in [0.4, 0.5) is 0 Å². The molecule has 10 nitrogen and oxygen atoms in total. The number of hydrogen-bond acceptors (Lipinski definition) is 8. The van der Waals surface area contributed by atoms with Crippen molar-refractivity contribution in [3.63, 3.8) is 0 Å². The van der Waals surface area contributed by atoms with Crippen molar-refractivity contribution in [2.24, 2.45) is 5.41 Å². The number of nitrogens with one attached hydrogen (secondary N) is 1. The quantitative estimate of drug-likeness (QED) is 0.367. The molecule has 0 aliphatic carbocycles. The summed E-state index contributed by atoms with van der Waals surface area (Å²) in [5.74, 6) is 0.110. The Morgan fingerprint density at radius 2 is 1.95 bits per heavy atom. The zero-order valence-corrected chi connectivity index (χ0v) is 24.5. The van der Waals surface area contributed by atoms with E-state index >= 15 is 0 Å². The van der Waals surface area contributed by atoms with Crippen molar-refractivity contribution >= 4 is 11.6 Å². The van der Waals surface area contributed by atoms with E-state index in [1.54, 1.807) is 13.8 Å². The van der Waals surface area contributed by atoms with Gasteiger partial charge in [-0.3, -0.25) is 19.1 Å². The molecule has 1 saturated heterocycles. The summed E-state index contributed by atoms with van der Waals surface area (Å²) in [7, 11) is 0.